The Morgan fingerprint density at radius 3 is 2.00 bits per heavy atom. The molecule has 0 saturated carbocycles. The van der Waals surface area contributed by atoms with E-state index in [1.165, 1.54) is 0 Å². The van der Waals surface area contributed by atoms with Gasteiger partial charge >= 0.3 is 0 Å². The van der Waals surface area contributed by atoms with E-state index in [4.69, 9.17) is 11.5 Å². The minimum atomic E-state index is -0.687. The Labute approximate surface area is 95.1 Å². The highest BCUT2D eigenvalue weighted by molar-refractivity contribution is 7.98. The molecule has 0 aliphatic rings. The van der Waals surface area contributed by atoms with Crippen molar-refractivity contribution in [2.24, 2.45) is 11.5 Å². The highest BCUT2D eigenvalue weighted by Crippen LogP contribution is 2.03. The van der Waals surface area contributed by atoms with E-state index in [1.54, 1.807) is 11.8 Å². The van der Waals surface area contributed by atoms with Crippen molar-refractivity contribution in [3.8, 4) is 0 Å². The summed E-state index contributed by atoms with van der Waals surface area (Å²) in [6, 6.07) is -1.37. The maximum Gasteiger partial charge on any atom is 0.216 e. The molecule has 0 aromatic rings. The van der Waals surface area contributed by atoms with E-state index >= 15 is 0 Å². The van der Waals surface area contributed by atoms with Crippen LogP contribution in [0.4, 0.5) is 0 Å². The van der Waals surface area contributed by atoms with Crippen LogP contribution in [0.15, 0.2) is 0 Å². The van der Waals surface area contributed by atoms with Crippen LogP contribution in [0.25, 0.3) is 0 Å². The topological polar surface area (TPSA) is 86.2 Å². The van der Waals surface area contributed by atoms with Gasteiger partial charge in [0.25, 0.3) is 0 Å². The molecule has 88 valence electrons. The molecule has 0 rings (SSSR count). The summed E-state index contributed by atoms with van der Waals surface area (Å²) in [4.78, 5) is 23.0. The van der Waals surface area contributed by atoms with E-state index in [2.05, 4.69) is 0 Å². The third-order valence-electron chi connectivity index (χ3n) is 2.15. The van der Waals surface area contributed by atoms with Gasteiger partial charge in [0.05, 0.1) is 12.1 Å². The summed E-state index contributed by atoms with van der Waals surface area (Å²) >= 11 is 1.60. The summed E-state index contributed by atoms with van der Waals surface area (Å²) in [5.74, 6) is -0.265. The van der Waals surface area contributed by atoms with Crippen molar-refractivity contribution in [2.75, 3.05) is 12.0 Å². The fourth-order valence-electron chi connectivity index (χ4n) is 1.18. The van der Waals surface area contributed by atoms with Crippen LogP contribution in [0.2, 0.25) is 0 Å². The smallest absolute Gasteiger partial charge is 0.216 e. The number of Topliss-reactive ketones (excluding diaryl/α,β-unsaturated/α-hetero) is 2. The monoisotopic (exact) mass is 232 g/mol. The standard InChI is InChI=1S/C10H20N2O2S/c1-3-4-7(11)9(13)10(14)8(12)5-6-15-2/h7-8H,3-6,11-12H2,1-2H3/t7-,8-/m0/s1. The van der Waals surface area contributed by atoms with Gasteiger partial charge in [-0.1, -0.05) is 13.3 Å². The van der Waals surface area contributed by atoms with Crippen molar-refractivity contribution in [3.63, 3.8) is 0 Å². The Hall–Kier alpha value is -0.390. The van der Waals surface area contributed by atoms with E-state index in [9.17, 15) is 9.59 Å². The third-order valence-corrected chi connectivity index (χ3v) is 2.79. The van der Waals surface area contributed by atoms with Crippen LogP contribution in [0, 0.1) is 0 Å². The minimum Gasteiger partial charge on any atom is -0.321 e. The van der Waals surface area contributed by atoms with E-state index in [1.807, 2.05) is 13.2 Å². The number of nitrogens with two attached hydrogens (primary N) is 2. The predicted molar refractivity (Wildman–Crippen MR) is 63.9 cm³/mol. The summed E-state index contributed by atoms with van der Waals surface area (Å²) in [7, 11) is 0. The molecule has 4 N–H and O–H groups in total. The first-order valence-electron chi connectivity index (χ1n) is 5.12. The highest BCUT2D eigenvalue weighted by Gasteiger charge is 2.25. The van der Waals surface area contributed by atoms with Gasteiger partial charge in [0.2, 0.25) is 11.6 Å². The van der Waals surface area contributed by atoms with Crippen molar-refractivity contribution in [1.82, 2.24) is 0 Å². The number of hydrogen-bond acceptors (Lipinski definition) is 5. The molecule has 0 fully saturated rings. The molecular formula is C10H20N2O2S. The van der Waals surface area contributed by atoms with Crippen LogP contribution >= 0.6 is 11.8 Å². The number of carbonyl (C=O) groups is 2. The molecule has 0 aliphatic carbocycles. The maximum absolute atomic E-state index is 11.5. The average molecular weight is 232 g/mol. The molecule has 0 aromatic carbocycles. The van der Waals surface area contributed by atoms with Crippen LogP contribution < -0.4 is 11.5 Å². The molecule has 0 saturated heterocycles. The van der Waals surface area contributed by atoms with Gasteiger partial charge in [-0.3, -0.25) is 9.59 Å². The Bertz CT molecular complexity index is 221. The van der Waals surface area contributed by atoms with Crippen LogP contribution in [0.1, 0.15) is 26.2 Å². The Morgan fingerprint density at radius 2 is 1.60 bits per heavy atom. The van der Waals surface area contributed by atoms with Crippen LogP contribution in [0.3, 0.4) is 0 Å². The number of carbonyl (C=O) groups excluding carboxylic acids is 2. The molecule has 5 heteroatoms. The van der Waals surface area contributed by atoms with Gasteiger partial charge in [-0.15, -0.1) is 0 Å². The SMILES string of the molecule is CCC[C@H](N)C(=O)C(=O)[C@@H](N)CCSC. The van der Waals surface area contributed by atoms with Gasteiger partial charge in [-0.2, -0.15) is 11.8 Å². The van der Waals surface area contributed by atoms with E-state index in [-0.39, 0.29) is 0 Å². The second kappa shape index (κ2) is 7.84. The molecule has 2 atom stereocenters. The predicted octanol–water partition coefficient (Wildman–Crippen LogP) is 0.332. The molecule has 0 aromatic heterocycles. The first kappa shape index (κ1) is 14.6. The van der Waals surface area contributed by atoms with E-state index < -0.39 is 23.7 Å². The Morgan fingerprint density at radius 1 is 1.13 bits per heavy atom. The number of rotatable bonds is 8. The van der Waals surface area contributed by atoms with Gasteiger partial charge in [-0.25, -0.2) is 0 Å². The van der Waals surface area contributed by atoms with Crippen LogP contribution in [-0.4, -0.2) is 35.7 Å². The molecule has 0 aliphatic heterocycles. The van der Waals surface area contributed by atoms with Gasteiger partial charge < -0.3 is 11.5 Å². The molecule has 0 heterocycles. The average Bonchev–Trinajstić information content (AvgIpc) is 2.24. The van der Waals surface area contributed by atoms with Crippen molar-refractivity contribution in [1.29, 1.82) is 0 Å². The molecule has 0 spiro atoms. The highest BCUT2D eigenvalue weighted by atomic mass is 32.2. The molecule has 0 amide bonds. The molecule has 0 unspecified atom stereocenters. The summed E-state index contributed by atoms with van der Waals surface area (Å²) in [6.07, 6.45) is 3.80. The summed E-state index contributed by atoms with van der Waals surface area (Å²) in [5.41, 5.74) is 11.2. The molecule has 0 radical (unpaired) electrons. The zero-order chi connectivity index (χ0) is 11.8. The first-order chi connectivity index (χ1) is 7.04. The maximum atomic E-state index is 11.5. The lowest BCUT2D eigenvalue weighted by Crippen LogP contribution is -2.44. The quantitative estimate of drug-likeness (QED) is 0.589. The fourth-order valence-corrected chi connectivity index (χ4v) is 1.67. The van der Waals surface area contributed by atoms with Crippen molar-refractivity contribution in [3.05, 3.63) is 0 Å². The summed E-state index contributed by atoms with van der Waals surface area (Å²) in [6.45, 7) is 1.92. The Kier molecular flexibility index (Phi) is 7.64. The fraction of sp³-hybridized carbons (Fsp3) is 0.800. The van der Waals surface area contributed by atoms with Gasteiger partial charge in [0, 0.05) is 0 Å². The third kappa shape index (κ3) is 5.30. The Balaban J connectivity index is 4.12. The lowest BCUT2D eigenvalue weighted by atomic mass is 9.99. The normalized spacial score (nSPS) is 14.7. The first-order valence-corrected chi connectivity index (χ1v) is 6.52. The lowest BCUT2D eigenvalue weighted by molar-refractivity contribution is -0.138. The molecule has 0 bridgehead atoms. The number of ketones is 2. The summed E-state index contributed by atoms with van der Waals surface area (Å²) in [5, 5.41) is 0. The van der Waals surface area contributed by atoms with Crippen LogP contribution in [-0.2, 0) is 9.59 Å². The second-order valence-corrected chi connectivity index (χ2v) is 4.50. The second-order valence-electron chi connectivity index (χ2n) is 3.51. The van der Waals surface area contributed by atoms with Gasteiger partial charge in [-0.05, 0) is 24.9 Å². The number of hydrogen-bond donors (Lipinski definition) is 2. The van der Waals surface area contributed by atoms with Crippen molar-refractivity contribution < 1.29 is 9.59 Å². The van der Waals surface area contributed by atoms with Crippen molar-refractivity contribution >= 4 is 23.3 Å². The van der Waals surface area contributed by atoms with E-state index in [0.29, 0.717) is 12.8 Å². The van der Waals surface area contributed by atoms with Gasteiger partial charge in [0.1, 0.15) is 0 Å². The van der Waals surface area contributed by atoms with Crippen LogP contribution in [0.5, 0.6) is 0 Å². The number of thioether (sulfide) groups is 1. The zero-order valence-corrected chi connectivity index (χ0v) is 10.2. The van der Waals surface area contributed by atoms with Crippen molar-refractivity contribution in [2.45, 2.75) is 38.3 Å². The largest absolute Gasteiger partial charge is 0.321 e. The molecule has 15 heavy (non-hydrogen) atoms. The zero-order valence-electron chi connectivity index (χ0n) is 9.36. The molecular weight excluding hydrogens is 212 g/mol. The van der Waals surface area contributed by atoms with E-state index in [0.717, 1.165) is 12.2 Å². The van der Waals surface area contributed by atoms with Gasteiger partial charge in [0.15, 0.2) is 0 Å². The lowest BCUT2D eigenvalue weighted by Gasteiger charge is -2.12. The molecule has 4 nitrogen and oxygen atoms in total. The summed E-state index contributed by atoms with van der Waals surface area (Å²) < 4.78 is 0. The minimum absolute atomic E-state index is 0.523.